The van der Waals surface area contributed by atoms with Crippen molar-refractivity contribution in [3.63, 3.8) is 0 Å². The molecule has 0 radical (unpaired) electrons. The van der Waals surface area contributed by atoms with Crippen molar-refractivity contribution in [2.24, 2.45) is 0 Å². The van der Waals surface area contributed by atoms with E-state index in [-0.39, 0.29) is 23.4 Å². The fourth-order valence-electron chi connectivity index (χ4n) is 2.07. The summed E-state index contributed by atoms with van der Waals surface area (Å²) in [5.41, 5.74) is 0.253. The number of likely N-dealkylation sites (N-methyl/N-ethyl adjacent to an activating group) is 1. The summed E-state index contributed by atoms with van der Waals surface area (Å²) in [7, 11) is 3.84. The minimum atomic E-state index is -4.43. The molecular formula is C16H18F3N3O2S. The molecule has 0 aliphatic carbocycles. The van der Waals surface area contributed by atoms with Gasteiger partial charge in [-0.05, 0) is 31.6 Å². The van der Waals surface area contributed by atoms with Gasteiger partial charge in [-0.2, -0.15) is 13.2 Å². The van der Waals surface area contributed by atoms with Gasteiger partial charge in [0.1, 0.15) is 0 Å². The van der Waals surface area contributed by atoms with Crippen molar-refractivity contribution < 1.29 is 22.7 Å². The molecule has 1 unspecified atom stereocenters. The minimum absolute atomic E-state index is 0.0336. The summed E-state index contributed by atoms with van der Waals surface area (Å²) in [6.45, 7) is -1.02. The highest BCUT2D eigenvalue weighted by Gasteiger charge is 2.28. The van der Waals surface area contributed by atoms with Gasteiger partial charge in [0.25, 0.3) is 5.91 Å². The summed E-state index contributed by atoms with van der Waals surface area (Å²) in [4.78, 5) is 19.0. The molecule has 2 rings (SSSR count). The lowest BCUT2D eigenvalue weighted by Crippen LogP contribution is -2.34. The number of pyridine rings is 1. The zero-order valence-electron chi connectivity index (χ0n) is 13.7. The number of rotatable bonds is 7. The van der Waals surface area contributed by atoms with Gasteiger partial charge < -0.3 is 15.0 Å². The molecule has 5 nitrogen and oxygen atoms in total. The maximum absolute atomic E-state index is 12.2. The summed E-state index contributed by atoms with van der Waals surface area (Å²) in [5.74, 6) is -0.531. The predicted octanol–water partition coefficient (Wildman–Crippen LogP) is 3.12. The van der Waals surface area contributed by atoms with Crippen LogP contribution >= 0.6 is 11.3 Å². The maximum Gasteiger partial charge on any atom is 0.422 e. The molecular weight excluding hydrogens is 355 g/mol. The van der Waals surface area contributed by atoms with E-state index >= 15 is 0 Å². The van der Waals surface area contributed by atoms with Crippen LogP contribution in [0.2, 0.25) is 0 Å². The highest BCUT2D eigenvalue weighted by Crippen LogP contribution is 2.22. The first-order valence-electron chi connectivity index (χ1n) is 7.40. The second-order valence-electron chi connectivity index (χ2n) is 5.49. The van der Waals surface area contributed by atoms with Gasteiger partial charge in [0, 0.05) is 23.7 Å². The van der Waals surface area contributed by atoms with Crippen molar-refractivity contribution in [2.75, 3.05) is 27.2 Å². The van der Waals surface area contributed by atoms with Crippen LogP contribution in [0.3, 0.4) is 0 Å². The fraction of sp³-hybridized carbons (Fsp3) is 0.375. The molecule has 136 valence electrons. The summed E-state index contributed by atoms with van der Waals surface area (Å²) < 4.78 is 40.8. The second-order valence-corrected chi connectivity index (χ2v) is 6.47. The monoisotopic (exact) mass is 373 g/mol. The van der Waals surface area contributed by atoms with Gasteiger partial charge in [0.15, 0.2) is 6.61 Å². The molecule has 0 saturated heterocycles. The standard InChI is InChI=1S/C16H18F3N3O2S/c1-22(2)12(13-4-3-7-25-13)9-21-15(23)11-5-6-14(20-8-11)24-10-16(17,18)19/h3-8,12H,9-10H2,1-2H3,(H,21,23). The molecule has 0 aliphatic rings. The molecule has 0 aliphatic heterocycles. The van der Waals surface area contributed by atoms with Crippen LogP contribution in [0.4, 0.5) is 13.2 Å². The Bertz CT molecular complexity index is 673. The third-order valence-electron chi connectivity index (χ3n) is 3.33. The van der Waals surface area contributed by atoms with Gasteiger partial charge in [0.2, 0.25) is 5.88 Å². The number of carbonyl (C=O) groups is 1. The molecule has 2 aromatic heterocycles. The Morgan fingerprint density at radius 2 is 2.12 bits per heavy atom. The van der Waals surface area contributed by atoms with Crippen LogP contribution in [-0.2, 0) is 0 Å². The van der Waals surface area contributed by atoms with Crippen molar-refractivity contribution >= 4 is 17.2 Å². The number of halogens is 3. The van der Waals surface area contributed by atoms with Gasteiger partial charge >= 0.3 is 6.18 Å². The molecule has 0 bridgehead atoms. The number of alkyl halides is 3. The van der Waals surface area contributed by atoms with E-state index in [0.29, 0.717) is 6.54 Å². The van der Waals surface area contributed by atoms with Gasteiger partial charge in [-0.15, -0.1) is 11.3 Å². The number of nitrogens with one attached hydrogen (secondary N) is 1. The average molecular weight is 373 g/mol. The molecule has 2 heterocycles. The Kier molecular flexibility index (Phi) is 6.38. The van der Waals surface area contributed by atoms with E-state index in [1.54, 1.807) is 11.3 Å². The van der Waals surface area contributed by atoms with Gasteiger partial charge in [-0.1, -0.05) is 6.07 Å². The van der Waals surface area contributed by atoms with Crippen LogP contribution in [0.5, 0.6) is 5.88 Å². The van der Waals surface area contributed by atoms with Crippen LogP contribution in [0.25, 0.3) is 0 Å². The Morgan fingerprint density at radius 3 is 2.64 bits per heavy atom. The molecule has 0 saturated carbocycles. The molecule has 0 fully saturated rings. The lowest BCUT2D eigenvalue weighted by atomic mass is 10.2. The van der Waals surface area contributed by atoms with E-state index < -0.39 is 12.8 Å². The first-order chi connectivity index (χ1) is 11.8. The predicted molar refractivity (Wildman–Crippen MR) is 88.9 cm³/mol. The Labute approximate surface area is 147 Å². The molecule has 1 atom stereocenters. The van der Waals surface area contributed by atoms with E-state index in [1.807, 2.05) is 36.5 Å². The van der Waals surface area contributed by atoms with Crippen molar-refractivity contribution in [3.05, 3.63) is 46.3 Å². The molecule has 1 N–H and O–H groups in total. The van der Waals surface area contributed by atoms with Gasteiger partial charge in [-0.25, -0.2) is 4.98 Å². The first kappa shape index (κ1) is 19.2. The normalized spacial score (nSPS) is 12.9. The van der Waals surface area contributed by atoms with Crippen molar-refractivity contribution in [1.29, 1.82) is 0 Å². The third kappa shape index (κ3) is 6.02. The van der Waals surface area contributed by atoms with Gasteiger partial charge in [0.05, 0.1) is 11.6 Å². The highest BCUT2D eigenvalue weighted by molar-refractivity contribution is 7.10. The average Bonchev–Trinajstić information content (AvgIpc) is 3.06. The summed E-state index contributed by atoms with van der Waals surface area (Å²) >= 11 is 1.60. The lowest BCUT2D eigenvalue weighted by Gasteiger charge is -2.23. The summed E-state index contributed by atoms with van der Waals surface area (Å²) in [6, 6.07) is 6.59. The fourth-order valence-corrected chi connectivity index (χ4v) is 2.99. The number of ether oxygens (including phenoxy) is 1. The number of hydrogen-bond donors (Lipinski definition) is 1. The van der Waals surface area contributed by atoms with Crippen molar-refractivity contribution in [1.82, 2.24) is 15.2 Å². The van der Waals surface area contributed by atoms with Crippen molar-refractivity contribution in [2.45, 2.75) is 12.2 Å². The molecule has 1 amide bonds. The number of carbonyl (C=O) groups excluding carboxylic acids is 1. The molecule has 0 aromatic carbocycles. The number of thiophene rings is 1. The van der Waals surface area contributed by atoms with E-state index in [1.165, 1.54) is 18.3 Å². The Morgan fingerprint density at radius 1 is 1.36 bits per heavy atom. The third-order valence-corrected chi connectivity index (χ3v) is 4.31. The van der Waals surface area contributed by atoms with E-state index in [0.717, 1.165) is 4.88 Å². The van der Waals surface area contributed by atoms with E-state index in [4.69, 9.17) is 0 Å². The Hall–Kier alpha value is -2.13. The van der Waals surface area contributed by atoms with Crippen LogP contribution < -0.4 is 10.1 Å². The zero-order chi connectivity index (χ0) is 18.4. The maximum atomic E-state index is 12.2. The van der Waals surface area contributed by atoms with Crippen LogP contribution in [0.1, 0.15) is 21.3 Å². The topological polar surface area (TPSA) is 54.5 Å². The SMILES string of the molecule is CN(C)C(CNC(=O)c1ccc(OCC(F)(F)F)nc1)c1cccs1. The molecule has 9 heteroatoms. The smallest absolute Gasteiger partial charge is 0.422 e. The number of amides is 1. The number of nitrogens with zero attached hydrogens (tertiary/aromatic N) is 2. The van der Waals surface area contributed by atoms with Crippen molar-refractivity contribution in [3.8, 4) is 5.88 Å². The van der Waals surface area contributed by atoms with E-state index in [2.05, 4.69) is 15.0 Å². The first-order valence-corrected chi connectivity index (χ1v) is 8.28. The number of aromatic nitrogens is 1. The molecule has 25 heavy (non-hydrogen) atoms. The largest absolute Gasteiger partial charge is 0.468 e. The summed E-state index contributed by atoms with van der Waals surface area (Å²) in [6.07, 6.45) is -3.24. The second kappa shape index (κ2) is 8.30. The highest BCUT2D eigenvalue weighted by atomic mass is 32.1. The molecule has 0 spiro atoms. The Balaban J connectivity index is 1.92. The quantitative estimate of drug-likeness (QED) is 0.810. The van der Waals surface area contributed by atoms with Gasteiger partial charge in [-0.3, -0.25) is 4.79 Å². The molecule has 2 aromatic rings. The van der Waals surface area contributed by atoms with E-state index in [9.17, 15) is 18.0 Å². The van der Waals surface area contributed by atoms with Crippen LogP contribution in [0, 0.1) is 0 Å². The van der Waals surface area contributed by atoms with Crippen LogP contribution in [0.15, 0.2) is 35.8 Å². The number of hydrogen-bond acceptors (Lipinski definition) is 5. The van der Waals surface area contributed by atoms with Crippen LogP contribution in [-0.4, -0.2) is 49.2 Å². The zero-order valence-corrected chi connectivity index (χ0v) is 14.5. The minimum Gasteiger partial charge on any atom is -0.468 e. The lowest BCUT2D eigenvalue weighted by molar-refractivity contribution is -0.154. The summed E-state index contributed by atoms with van der Waals surface area (Å²) in [5, 5.41) is 4.78.